The standard InChI is InChI=1S/C32H38O4/c1-29(2,3)22-13-17(14-23(27(22)35)30(4,5)6)24-25(33)18-15-20-21(16-19(18)26(34)28(24)36)32(9,10)12-11-31(20,7)8/h13-16H,11-12H2,1-10H3. The quantitative estimate of drug-likeness (QED) is 0.229. The second kappa shape index (κ2) is 7.81. The van der Waals surface area contributed by atoms with E-state index >= 15 is 0 Å². The lowest BCUT2D eigenvalue weighted by molar-refractivity contribution is -0.114. The van der Waals surface area contributed by atoms with Crippen LogP contribution in [0.15, 0.2) is 46.6 Å². The molecule has 0 saturated heterocycles. The summed E-state index contributed by atoms with van der Waals surface area (Å²) in [5.41, 5.74) is 2.60. The molecule has 3 aliphatic carbocycles. The Hall–Kier alpha value is -2.88. The molecule has 0 aromatic heterocycles. The van der Waals surface area contributed by atoms with Crippen molar-refractivity contribution in [2.75, 3.05) is 0 Å². The summed E-state index contributed by atoms with van der Waals surface area (Å²) in [6.45, 7) is 20.2. The molecule has 1 aromatic rings. The van der Waals surface area contributed by atoms with E-state index in [1.165, 1.54) is 0 Å². The SMILES string of the molecule is CC(C)(C)C1=CC(=C2C(=O)C(=O)c3cc4c(cc3C2=O)C(C)(C)CCC4(C)C)C=C(C(C)(C)C)C1=O. The van der Waals surface area contributed by atoms with Crippen LogP contribution in [0.5, 0.6) is 0 Å². The van der Waals surface area contributed by atoms with Gasteiger partial charge in [-0.1, -0.05) is 69.2 Å². The van der Waals surface area contributed by atoms with Crippen LogP contribution in [0.2, 0.25) is 0 Å². The number of hydrogen-bond acceptors (Lipinski definition) is 4. The molecule has 0 atom stereocenters. The molecule has 4 nitrogen and oxygen atoms in total. The van der Waals surface area contributed by atoms with Crippen molar-refractivity contribution >= 4 is 23.1 Å². The van der Waals surface area contributed by atoms with Crippen LogP contribution in [0.4, 0.5) is 0 Å². The minimum Gasteiger partial charge on any atom is -0.289 e. The monoisotopic (exact) mass is 486 g/mol. The van der Waals surface area contributed by atoms with Gasteiger partial charge in [-0.2, -0.15) is 0 Å². The molecule has 0 bridgehead atoms. The van der Waals surface area contributed by atoms with Gasteiger partial charge in [0.2, 0.25) is 11.6 Å². The lowest BCUT2D eigenvalue weighted by Gasteiger charge is -2.42. The second-order valence-electron chi connectivity index (χ2n) is 14.0. The Morgan fingerprint density at radius 3 is 1.36 bits per heavy atom. The predicted molar refractivity (Wildman–Crippen MR) is 143 cm³/mol. The zero-order chi connectivity index (χ0) is 27.2. The summed E-state index contributed by atoms with van der Waals surface area (Å²) in [4.78, 5) is 54.2. The van der Waals surface area contributed by atoms with Crippen LogP contribution in [-0.2, 0) is 20.4 Å². The number of rotatable bonds is 0. The fraction of sp³-hybridized carbons (Fsp3) is 0.500. The molecule has 0 unspecified atom stereocenters. The Labute approximate surface area is 214 Å². The zero-order valence-corrected chi connectivity index (χ0v) is 23.4. The van der Waals surface area contributed by atoms with E-state index in [0.717, 1.165) is 24.0 Å². The van der Waals surface area contributed by atoms with Gasteiger partial charge in [0.15, 0.2) is 11.6 Å². The van der Waals surface area contributed by atoms with Gasteiger partial charge in [0.25, 0.3) is 0 Å². The normalized spacial score (nSPS) is 21.7. The van der Waals surface area contributed by atoms with Crippen LogP contribution >= 0.6 is 0 Å². The molecular weight excluding hydrogens is 448 g/mol. The van der Waals surface area contributed by atoms with Gasteiger partial charge in [0, 0.05) is 22.3 Å². The van der Waals surface area contributed by atoms with Gasteiger partial charge in [-0.25, -0.2) is 0 Å². The van der Waals surface area contributed by atoms with Crippen LogP contribution < -0.4 is 0 Å². The number of carbonyl (C=O) groups excluding carboxylic acids is 4. The third-order valence-corrected chi connectivity index (χ3v) is 8.13. The highest BCUT2D eigenvalue weighted by Crippen LogP contribution is 2.48. The molecule has 36 heavy (non-hydrogen) atoms. The van der Waals surface area contributed by atoms with E-state index in [1.807, 2.05) is 47.6 Å². The molecule has 0 fully saturated rings. The Morgan fingerprint density at radius 2 is 0.972 bits per heavy atom. The summed E-state index contributed by atoms with van der Waals surface area (Å²) < 4.78 is 0. The van der Waals surface area contributed by atoms with Gasteiger partial charge in [-0.05, 0) is 75.5 Å². The number of fused-ring (bicyclic) bond motifs is 2. The summed E-state index contributed by atoms with van der Waals surface area (Å²) in [5.74, 6) is -1.96. The molecule has 0 N–H and O–H groups in total. The fourth-order valence-corrected chi connectivity index (χ4v) is 5.61. The summed E-state index contributed by atoms with van der Waals surface area (Å²) in [6, 6.07) is 3.65. The number of carbonyl (C=O) groups is 4. The predicted octanol–water partition coefficient (Wildman–Crippen LogP) is 6.81. The molecule has 0 heterocycles. The highest BCUT2D eigenvalue weighted by molar-refractivity contribution is 6.59. The smallest absolute Gasteiger partial charge is 0.238 e. The van der Waals surface area contributed by atoms with Crippen molar-refractivity contribution in [3.05, 3.63) is 68.8 Å². The molecule has 0 amide bonds. The Balaban J connectivity index is 2.02. The van der Waals surface area contributed by atoms with Gasteiger partial charge < -0.3 is 0 Å². The number of allylic oxidation sites excluding steroid dienone is 6. The van der Waals surface area contributed by atoms with Gasteiger partial charge in [0.05, 0.1) is 5.57 Å². The maximum Gasteiger partial charge on any atom is 0.238 e. The zero-order valence-electron chi connectivity index (χ0n) is 23.4. The Bertz CT molecular complexity index is 1310. The van der Waals surface area contributed by atoms with Crippen molar-refractivity contribution in [2.45, 2.75) is 92.9 Å². The number of hydrogen-bond donors (Lipinski definition) is 0. The van der Waals surface area contributed by atoms with Crippen LogP contribution in [0.1, 0.15) is 114 Å². The summed E-state index contributed by atoms with van der Waals surface area (Å²) in [7, 11) is 0. The molecule has 0 spiro atoms. The molecular formula is C32H38O4. The maximum absolute atomic E-state index is 14.0. The number of ketones is 4. The van der Waals surface area contributed by atoms with Gasteiger partial charge >= 0.3 is 0 Å². The van der Waals surface area contributed by atoms with E-state index in [2.05, 4.69) is 27.7 Å². The van der Waals surface area contributed by atoms with E-state index in [-0.39, 0.29) is 27.7 Å². The molecule has 0 radical (unpaired) electrons. The first-order valence-electron chi connectivity index (χ1n) is 12.8. The van der Waals surface area contributed by atoms with Crippen molar-refractivity contribution in [3.8, 4) is 0 Å². The van der Waals surface area contributed by atoms with Gasteiger partial charge in [-0.3, -0.25) is 19.2 Å². The highest BCUT2D eigenvalue weighted by Gasteiger charge is 2.44. The molecule has 1 aromatic carbocycles. The average Bonchev–Trinajstić information content (AvgIpc) is 2.74. The molecule has 190 valence electrons. The van der Waals surface area contributed by atoms with Crippen LogP contribution in [0.25, 0.3) is 0 Å². The van der Waals surface area contributed by atoms with Crippen molar-refractivity contribution in [1.29, 1.82) is 0 Å². The van der Waals surface area contributed by atoms with E-state index < -0.39 is 28.2 Å². The van der Waals surface area contributed by atoms with Gasteiger partial charge in [0.1, 0.15) is 0 Å². The first kappa shape index (κ1) is 26.2. The fourth-order valence-electron chi connectivity index (χ4n) is 5.61. The lowest BCUT2D eigenvalue weighted by Crippen LogP contribution is -2.37. The topological polar surface area (TPSA) is 68.3 Å². The van der Waals surface area contributed by atoms with Gasteiger partial charge in [-0.15, -0.1) is 0 Å². The van der Waals surface area contributed by atoms with E-state index in [1.54, 1.807) is 18.2 Å². The molecule has 3 aliphatic rings. The molecule has 0 saturated carbocycles. The van der Waals surface area contributed by atoms with Crippen LogP contribution in [0, 0.1) is 10.8 Å². The average molecular weight is 487 g/mol. The Kier molecular flexibility index (Phi) is 5.68. The van der Waals surface area contributed by atoms with E-state index in [4.69, 9.17) is 0 Å². The third-order valence-electron chi connectivity index (χ3n) is 8.13. The molecule has 4 heteroatoms. The van der Waals surface area contributed by atoms with E-state index in [9.17, 15) is 19.2 Å². The number of Topliss-reactive ketones (excluding diaryl/α,β-unsaturated/α-hetero) is 4. The van der Waals surface area contributed by atoms with Crippen molar-refractivity contribution in [1.82, 2.24) is 0 Å². The summed E-state index contributed by atoms with van der Waals surface area (Å²) in [6.07, 6.45) is 5.23. The van der Waals surface area contributed by atoms with E-state index in [0.29, 0.717) is 22.3 Å². The summed E-state index contributed by atoms with van der Waals surface area (Å²) in [5, 5.41) is 0. The second-order valence-corrected chi connectivity index (χ2v) is 14.0. The Morgan fingerprint density at radius 1 is 0.583 bits per heavy atom. The maximum atomic E-state index is 14.0. The highest BCUT2D eigenvalue weighted by atomic mass is 16.2. The van der Waals surface area contributed by atoms with Crippen molar-refractivity contribution in [3.63, 3.8) is 0 Å². The van der Waals surface area contributed by atoms with Crippen LogP contribution in [0.3, 0.4) is 0 Å². The minimum absolute atomic E-state index is 0.0835. The van der Waals surface area contributed by atoms with Crippen molar-refractivity contribution in [2.24, 2.45) is 10.8 Å². The van der Waals surface area contributed by atoms with Crippen molar-refractivity contribution < 1.29 is 19.2 Å². The minimum atomic E-state index is -0.793. The van der Waals surface area contributed by atoms with Crippen LogP contribution in [-0.4, -0.2) is 23.1 Å². The first-order valence-corrected chi connectivity index (χ1v) is 12.8. The summed E-state index contributed by atoms with van der Waals surface area (Å²) >= 11 is 0. The third kappa shape index (κ3) is 3.99. The largest absolute Gasteiger partial charge is 0.289 e. The first-order chi connectivity index (χ1) is 16.3. The lowest BCUT2D eigenvalue weighted by atomic mass is 9.61. The number of benzene rings is 1. The molecule has 4 rings (SSSR count). The molecule has 0 aliphatic heterocycles.